The largest absolute Gasteiger partial charge is 0.376 e. The first-order valence-electron chi connectivity index (χ1n) is 8.80. The highest BCUT2D eigenvalue weighted by Crippen LogP contribution is 2.24. The van der Waals surface area contributed by atoms with E-state index in [0.29, 0.717) is 11.9 Å². The molecule has 0 unspecified atom stereocenters. The van der Waals surface area contributed by atoms with Gasteiger partial charge in [-0.05, 0) is 38.7 Å². The van der Waals surface area contributed by atoms with Crippen molar-refractivity contribution in [2.75, 3.05) is 17.2 Å². The van der Waals surface area contributed by atoms with Crippen molar-refractivity contribution in [2.45, 2.75) is 58.7 Å². The van der Waals surface area contributed by atoms with Gasteiger partial charge < -0.3 is 15.4 Å². The number of aromatic nitrogens is 4. The molecule has 0 saturated carbocycles. The Balaban J connectivity index is 1.66. The normalized spacial score (nSPS) is 22.0. The van der Waals surface area contributed by atoms with E-state index < -0.39 is 0 Å². The molecular formula is C17H26N6OS. The summed E-state index contributed by atoms with van der Waals surface area (Å²) in [5.41, 5.74) is 0. The number of nitrogens with zero attached hydrogens (tertiary/aromatic N) is 4. The Morgan fingerprint density at radius 3 is 2.84 bits per heavy atom. The van der Waals surface area contributed by atoms with Crippen molar-refractivity contribution in [1.82, 2.24) is 20.2 Å². The Bertz CT molecular complexity index is 691. The average molecular weight is 363 g/mol. The molecule has 136 valence electrons. The molecule has 3 rings (SSSR count). The van der Waals surface area contributed by atoms with Crippen LogP contribution in [0, 0.1) is 12.8 Å². The van der Waals surface area contributed by atoms with E-state index in [1.165, 1.54) is 0 Å². The monoisotopic (exact) mass is 362 g/mol. The van der Waals surface area contributed by atoms with Crippen molar-refractivity contribution in [3.8, 4) is 0 Å². The minimum Gasteiger partial charge on any atom is -0.376 e. The number of hydrogen-bond acceptors (Lipinski definition) is 8. The topological polar surface area (TPSA) is 84.9 Å². The Hall–Kier alpha value is -1.80. The van der Waals surface area contributed by atoms with Gasteiger partial charge in [-0.15, -0.1) is 10.2 Å². The number of aryl methyl sites for hydroxylation is 1. The third-order valence-corrected chi connectivity index (χ3v) is 5.29. The van der Waals surface area contributed by atoms with Crippen LogP contribution < -0.4 is 10.6 Å². The van der Waals surface area contributed by atoms with Gasteiger partial charge in [0.05, 0.1) is 18.2 Å². The second-order valence-corrected chi connectivity index (χ2v) is 7.98. The van der Waals surface area contributed by atoms with Crippen LogP contribution in [0.5, 0.6) is 0 Å². The van der Waals surface area contributed by atoms with Crippen LogP contribution in [-0.2, 0) is 4.74 Å². The molecule has 3 heterocycles. The van der Waals surface area contributed by atoms with E-state index in [1.54, 1.807) is 17.5 Å². The van der Waals surface area contributed by atoms with E-state index in [2.05, 4.69) is 44.6 Å². The molecule has 0 aromatic carbocycles. The van der Waals surface area contributed by atoms with Crippen LogP contribution in [0.4, 0.5) is 11.8 Å². The Kier molecular flexibility index (Phi) is 5.80. The van der Waals surface area contributed by atoms with Crippen LogP contribution >= 0.6 is 11.3 Å². The number of hydrogen-bond donors (Lipinski definition) is 2. The lowest BCUT2D eigenvalue weighted by Crippen LogP contribution is -2.43. The first-order valence-corrected chi connectivity index (χ1v) is 9.62. The summed E-state index contributed by atoms with van der Waals surface area (Å²) in [4.78, 5) is 8.92. The summed E-state index contributed by atoms with van der Waals surface area (Å²) in [6, 6.07) is 2.19. The van der Waals surface area contributed by atoms with Crippen molar-refractivity contribution in [1.29, 1.82) is 0 Å². The van der Waals surface area contributed by atoms with Gasteiger partial charge in [0.15, 0.2) is 0 Å². The van der Waals surface area contributed by atoms with Gasteiger partial charge in [0.1, 0.15) is 15.8 Å². The molecule has 0 amide bonds. The van der Waals surface area contributed by atoms with E-state index in [0.717, 1.165) is 35.3 Å². The molecule has 3 atom stereocenters. The maximum atomic E-state index is 5.94. The number of anilines is 2. The third-order valence-electron chi connectivity index (χ3n) is 4.27. The maximum Gasteiger partial charge on any atom is 0.225 e. The fourth-order valence-corrected chi connectivity index (χ4v) is 3.76. The van der Waals surface area contributed by atoms with Crippen LogP contribution in [0.25, 0.3) is 0 Å². The fourth-order valence-electron chi connectivity index (χ4n) is 3.06. The molecule has 25 heavy (non-hydrogen) atoms. The lowest BCUT2D eigenvalue weighted by Gasteiger charge is -2.35. The van der Waals surface area contributed by atoms with Crippen LogP contribution in [-0.4, -0.2) is 38.9 Å². The van der Waals surface area contributed by atoms with Gasteiger partial charge in [-0.25, -0.2) is 4.98 Å². The van der Waals surface area contributed by atoms with Gasteiger partial charge in [-0.1, -0.05) is 25.2 Å². The standard InChI is InChI=1S/C17H26N6OS/c1-10(2)15-13(6-5-9-24-15)20-14-7-8-18-17(21-14)19-11(3)16-23-22-12(4)25-16/h7-8,10-11,13,15H,5-6,9H2,1-4H3,(H2,18,19,20,21)/t11-,13-,15+/m0/s1. The van der Waals surface area contributed by atoms with Gasteiger partial charge in [0, 0.05) is 12.8 Å². The molecule has 8 heteroatoms. The molecule has 0 aliphatic carbocycles. The smallest absolute Gasteiger partial charge is 0.225 e. The predicted molar refractivity (Wildman–Crippen MR) is 99.9 cm³/mol. The molecular weight excluding hydrogens is 336 g/mol. The van der Waals surface area contributed by atoms with Gasteiger partial charge in [0.25, 0.3) is 0 Å². The highest BCUT2D eigenvalue weighted by Gasteiger charge is 2.28. The summed E-state index contributed by atoms with van der Waals surface area (Å²) >= 11 is 1.58. The Morgan fingerprint density at radius 2 is 2.12 bits per heavy atom. The van der Waals surface area contributed by atoms with Gasteiger partial charge in [-0.2, -0.15) is 4.98 Å². The van der Waals surface area contributed by atoms with Crippen molar-refractivity contribution in [2.24, 2.45) is 5.92 Å². The van der Waals surface area contributed by atoms with Crippen molar-refractivity contribution in [3.63, 3.8) is 0 Å². The summed E-state index contributed by atoms with van der Waals surface area (Å²) in [5, 5.41) is 16.9. The predicted octanol–water partition coefficient (Wildman–Crippen LogP) is 3.43. The van der Waals surface area contributed by atoms with Crippen molar-refractivity contribution >= 4 is 23.1 Å². The molecule has 1 saturated heterocycles. The van der Waals surface area contributed by atoms with Crippen LogP contribution in [0.3, 0.4) is 0 Å². The van der Waals surface area contributed by atoms with Gasteiger partial charge >= 0.3 is 0 Å². The zero-order valence-corrected chi connectivity index (χ0v) is 16.0. The quantitative estimate of drug-likeness (QED) is 0.814. The zero-order valence-electron chi connectivity index (χ0n) is 15.2. The number of rotatable bonds is 6. The lowest BCUT2D eigenvalue weighted by molar-refractivity contribution is -0.0203. The molecule has 0 spiro atoms. The Morgan fingerprint density at radius 1 is 1.28 bits per heavy atom. The maximum absolute atomic E-state index is 5.94. The molecule has 2 N–H and O–H groups in total. The summed E-state index contributed by atoms with van der Waals surface area (Å²) < 4.78 is 5.94. The number of ether oxygens (including phenoxy) is 1. The lowest BCUT2D eigenvalue weighted by atomic mass is 9.94. The molecule has 2 aromatic heterocycles. The molecule has 2 aromatic rings. The van der Waals surface area contributed by atoms with Crippen molar-refractivity contribution in [3.05, 3.63) is 22.3 Å². The second kappa shape index (κ2) is 8.05. The van der Waals surface area contributed by atoms with Crippen molar-refractivity contribution < 1.29 is 4.74 Å². The molecule has 1 fully saturated rings. The number of nitrogens with one attached hydrogen (secondary N) is 2. The zero-order chi connectivity index (χ0) is 17.8. The van der Waals surface area contributed by atoms with E-state index in [4.69, 9.17) is 4.74 Å². The molecule has 0 radical (unpaired) electrons. The second-order valence-electron chi connectivity index (χ2n) is 6.76. The Labute approximate surface area is 152 Å². The van der Waals surface area contributed by atoms with Crippen LogP contribution in [0.15, 0.2) is 12.3 Å². The minimum atomic E-state index is 0.0166. The summed E-state index contributed by atoms with van der Waals surface area (Å²) in [7, 11) is 0. The molecule has 7 nitrogen and oxygen atoms in total. The van der Waals surface area contributed by atoms with E-state index in [-0.39, 0.29) is 18.2 Å². The molecule has 1 aliphatic rings. The highest BCUT2D eigenvalue weighted by molar-refractivity contribution is 7.11. The molecule has 0 bridgehead atoms. The third kappa shape index (κ3) is 4.64. The van der Waals surface area contributed by atoms with E-state index >= 15 is 0 Å². The summed E-state index contributed by atoms with van der Waals surface area (Å²) in [6.45, 7) is 9.22. The fraction of sp³-hybridized carbons (Fsp3) is 0.647. The summed E-state index contributed by atoms with van der Waals surface area (Å²) in [6.07, 6.45) is 4.15. The van der Waals surface area contributed by atoms with E-state index in [1.807, 2.05) is 19.9 Å². The first-order chi connectivity index (χ1) is 12.0. The van der Waals surface area contributed by atoms with Crippen LogP contribution in [0.1, 0.15) is 49.7 Å². The minimum absolute atomic E-state index is 0.0166. The summed E-state index contributed by atoms with van der Waals surface area (Å²) in [5.74, 6) is 1.88. The van der Waals surface area contributed by atoms with E-state index in [9.17, 15) is 0 Å². The molecule has 1 aliphatic heterocycles. The first kappa shape index (κ1) is 18.0. The van der Waals surface area contributed by atoms with Crippen LogP contribution in [0.2, 0.25) is 0 Å². The SMILES string of the molecule is Cc1nnc([C@H](C)Nc2nccc(N[C@H]3CCCO[C@@H]3C(C)C)n2)s1. The van der Waals surface area contributed by atoms with Gasteiger partial charge in [0.2, 0.25) is 5.95 Å². The average Bonchev–Trinajstić information content (AvgIpc) is 3.02. The van der Waals surface area contributed by atoms with Gasteiger partial charge in [-0.3, -0.25) is 0 Å². The highest BCUT2D eigenvalue weighted by atomic mass is 32.1.